The summed E-state index contributed by atoms with van der Waals surface area (Å²) in [5, 5.41) is 9.10. The molecule has 5 heteroatoms. The van der Waals surface area contributed by atoms with Crippen molar-refractivity contribution in [3.63, 3.8) is 0 Å². The lowest BCUT2D eigenvalue weighted by molar-refractivity contribution is -0.147. The molecule has 1 atom stereocenters. The topological polar surface area (TPSA) is 60.9 Å². The number of nitrogens with zero attached hydrogens (tertiary/aromatic N) is 2. The van der Waals surface area contributed by atoms with Crippen LogP contribution in [0.25, 0.3) is 0 Å². The highest BCUT2D eigenvalue weighted by Crippen LogP contribution is 2.20. The molecule has 1 aliphatic heterocycles. The smallest absolute Gasteiger partial charge is 0.329 e. The number of carbonyl (C=O) groups is 2. The Morgan fingerprint density at radius 3 is 2.47 bits per heavy atom. The summed E-state index contributed by atoms with van der Waals surface area (Å²) in [6, 6.07) is -0.191. The fourth-order valence-corrected chi connectivity index (χ4v) is 1.96. The average Bonchev–Trinajstić information content (AvgIpc) is 2.26. The van der Waals surface area contributed by atoms with Gasteiger partial charge in [0.2, 0.25) is 0 Å². The van der Waals surface area contributed by atoms with E-state index >= 15 is 0 Å². The number of likely N-dealkylation sites (tertiary alicyclic amines) is 1. The maximum absolute atomic E-state index is 12.2. The molecular formula is C12H22N2O3. The Bertz CT molecular complexity index is 315. The molecule has 1 unspecified atom stereocenters. The summed E-state index contributed by atoms with van der Waals surface area (Å²) in [4.78, 5) is 26.3. The number of carbonyl (C=O) groups excluding carboxylic acids is 1. The van der Waals surface area contributed by atoms with Crippen LogP contribution < -0.4 is 0 Å². The van der Waals surface area contributed by atoms with Crippen LogP contribution in [0.5, 0.6) is 0 Å². The Morgan fingerprint density at radius 2 is 2.00 bits per heavy atom. The monoisotopic (exact) mass is 242 g/mol. The Kier molecular flexibility index (Phi) is 4.01. The number of piperidine rings is 1. The summed E-state index contributed by atoms with van der Waals surface area (Å²) in [5.41, 5.74) is -1.17. The van der Waals surface area contributed by atoms with Crippen LogP contribution in [0.2, 0.25) is 0 Å². The second-order valence-corrected chi connectivity index (χ2v) is 5.40. The number of likely N-dealkylation sites (N-methyl/N-ethyl adjacent to an activating group) is 1. The summed E-state index contributed by atoms with van der Waals surface area (Å²) in [7, 11) is 1.55. The van der Waals surface area contributed by atoms with Crippen LogP contribution in [0, 0.1) is 5.92 Å². The van der Waals surface area contributed by atoms with Gasteiger partial charge in [0, 0.05) is 20.1 Å². The molecule has 1 rings (SSSR count). The molecule has 2 amide bonds. The summed E-state index contributed by atoms with van der Waals surface area (Å²) < 4.78 is 0. The zero-order valence-corrected chi connectivity index (χ0v) is 11.1. The lowest BCUT2D eigenvalue weighted by Gasteiger charge is -2.38. The standard InChI is InChI=1S/C12H22N2O3/c1-9-6-5-7-14(8-9)11(17)13(4)12(2,3)10(15)16/h9H,5-8H2,1-4H3,(H,15,16). The van der Waals surface area contributed by atoms with Crippen molar-refractivity contribution in [3.8, 4) is 0 Å². The van der Waals surface area contributed by atoms with E-state index in [1.807, 2.05) is 0 Å². The number of carboxylic acids is 1. The van der Waals surface area contributed by atoms with E-state index in [9.17, 15) is 9.59 Å². The minimum atomic E-state index is -1.17. The summed E-state index contributed by atoms with van der Waals surface area (Å²) >= 11 is 0. The zero-order valence-electron chi connectivity index (χ0n) is 11.1. The highest BCUT2D eigenvalue weighted by Gasteiger charge is 2.37. The lowest BCUT2D eigenvalue weighted by Crippen LogP contribution is -2.56. The van der Waals surface area contributed by atoms with E-state index < -0.39 is 11.5 Å². The van der Waals surface area contributed by atoms with E-state index in [0.29, 0.717) is 5.92 Å². The fraction of sp³-hybridized carbons (Fsp3) is 0.833. The molecule has 0 spiro atoms. The van der Waals surface area contributed by atoms with Gasteiger partial charge in [0.15, 0.2) is 0 Å². The van der Waals surface area contributed by atoms with Gasteiger partial charge in [-0.3, -0.25) is 0 Å². The number of rotatable bonds is 2. The lowest BCUT2D eigenvalue weighted by atomic mass is 10.00. The van der Waals surface area contributed by atoms with Gasteiger partial charge >= 0.3 is 12.0 Å². The molecule has 0 radical (unpaired) electrons. The minimum absolute atomic E-state index is 0.191. The molecule has 0 saturated carbocycles. The Hall–Kier alpha value is -1.26. The summed E-state index contributed by atoms with van der Waals surface area (Å²) in [6.45, 7) is 6.64. The maximum atomic E-state index is 12.2. The van der Waals surface area contributed by atoms with Crippen molar-refractivity contribution in [2.75, 3.05) is 20.1 Å². The van der Waals surface area contributed by atoms with Gasteiger partial charge in [0.1, 0.15) is 5.54 Å². The quantitative estimate of drug-likeness (QED) is 0.800. The van der Waals surface area contributed by atoms with Crippen molar-refractivity contribution in [1.82, 2.24) is 9.80 Å². The Labute approximate surface area is 102 Å². The largest absolute Gasteiger partial charge is 0.480 e. The van der Waals surface area contributed by atoms with Gasteiger partial charge in [0.25, 0.3) is 0 Å². The highest BCUT2D eigenvalue weighted by molar-refractivity contribution is 5.85. The molecule has 98 valence electrons. The first kappa shape index (κ1) is 13.8. The highest BCUT2D eigenvalue weighted by atomic mass is 16.4. The maximum Gasteiger partial charge on any atom is 0.329 e. The van der Waals surface area contributed by atoms with E-state index in [1.165, 1.54) is 4.90 Å². The van der Waals surface area contributed by atoms with Crippen LogP contribution in [-0.2, 0) is 4.79 Å². The second kappa shape index (κ2) is 4.94. The van der Waals surface area contributed by atoms with Crippen LogP contribution in [0.15, 0.2) is 0 Å². The molecule has 0 aromatic carbocycles. The van der Waals surface area contributed by atoms with E-state index in [-0.39, 0.29) is 6.03 Å². The third-order valence-electron chi connectivity index (χ3n) is 3.58. The first-order valence-corrected chi connectivity index (χ1v) is 6.03. The molecule has 0 bridgehead atoms. The number of amides is 2. The van der Waals surface area contributed by atoms with Gasteiger partial charge in [-0.2, -0.15) is 0 Å². The van der Waals surface area contributed by atoms with E-state index in [1.54, 1.807) is 25.8 Å². The van der Waals surface area contributed by atoms with Gasteiger partial charge in [-0.05, 0) is 32.6 Å². The van der Waals surface area contributed by atoms with Gasteiger partial charge in [0.05, 0.1) is 0 Å². The molecule has 1 heterocycles. The minimum Gasteiger partial charge on any atom is -0.480 e. The van der Waals surface area contributed by atoms with Gasteiger partial charge < -0.3 is 14.9 Å². The van der Waals surface area contributed by atoms with Crippen molar-refractivity contribution in [3.05, 3.63) is 0 Å². The number of aliphatic carboxylic acids is 1. The van der Waals surface area contributed by atoms with E-state index in [0.717, 1.165) is 25.9 Å². The molecule has 0 aromatic heterocycles. The molecule has 1 fully saturated rings. The Balaban J connectivity index is 2.72. The normalized spacial score (nSPS) is 21.2. The van der Waals surface area contributed by atoms with Gasteiger partial charge in [-0.15, -0.1) is 0 Å². The van der Waals surface area contributed by atoms with Crippen molar-refractivity contribution in [2.24, 2.45) is 5.92 Å². The van der Waals surface area contributed by atoms with Crippen molar-refractivity contribution in [1.29, 1.82) is 0 Å². The molecule has 1 saturated heterocycles. The van der Waals surface area contributed by atoms with Crippen LogP contribution in [0.3, 0.4) is 0 Å². The summed E-state index contributed by atoms with van der Waals surface area (Å²) in [5.74, 6) is -0.493. The van der Waals surface area contributed by atoms with Gasteiger partial charge in [-0.1, -0.05) is 6.92 Å². The predicted molar refractivity (Wildman–Crippen MR) is 64.8 cm³/mol. The van der Waals surface area contributed by atoms with Crippen LogP contribution in [0.4, 0.5) is 4.79 Å². The molecular weight excluding hydrogens is 220 g/mol. The van der Waals surface area contributed by atoms with Crippen LogP contribution >= 0.6 is 0 Å². The number of hydrogen-bond acceptors (Lipinski definition) is 2. The predicted octanol–water partition coefficient (Wildman–Crippen LogP) is 1.63. The average molecular weight is 242 g/mol. The molecule has 1 N–H and O–H groups in total. The zero-order chi connectivity index (χ0) is 13.2. The third kappa shape index (κ3) is 2.90. The van der Waals surface area contributed by atoms with Gasteiger partial charge in [-0.25, -0.2) is 9.59 Å². The van der Waals surface area contributed by atoms with E-state index in [4.69, 9.17) is 5.11 Å². The molecule has 1 aliphatic rings. The van der Waals surface area contributed by atoms with Crippen LogP contribution in [0.1, 0.15) is 33.6 Å². The van der Waals surface area contributed by atoms with Crippen molar-refractivity contribution >= 4 is 12.0 Å². The summed E-state index contributed by atoms with van der Waals surface area (Å²) in [6.07, 6.45) is 2.13. The second-order valence-electron chi connectivity index (χ2n) is 5.40. The third-order valence-corrected chi connectivity index (χ3v) is 3.58. The first-order chi connectivity index (χ1) is 7.76. The fourth-order valence-electron chi connectivity index (χ4n) is 1.96. The number of hydrogen-bond donors (Lipinski definition) is 1. The molecule has 17 heavy (non-hydrogen) atoms. The van der Waals surface area contributed by atoms with Crippen molar-refractivity contribution in [2.45, 2.75) is 39.2 Å². The number of carboxylic acid groups (broad SMARTS) is 1. The molecule has 0 aliphatic carbocycles. The molecule has 0 aromatic rings. The SMILES string of the molecule is CC1CCCN(C(=O)N(C)C(C)(C)C(=O)O)C1. The van der Waals surface area contributed by atoms with E-state index in [2.05, 4.69) is 6.92 Å². The first-order valence-electron chi connectivity index (χ1n) is 6.03. The van der Waals surface area contributed by atoms with Crippen LogP contribution in [-0.4, -0.2) is 52.6 Å². The van der Waals surface area contributed by atoms with Crippen molar-refractivity contribution < 1.29 is 14.7 Å². The molecule has 5 nitrogen and oxygen atoms in total. The Morgan fingerprint density at radius 1 is 1.41 bits per heavy atom. The number of urea groups is 1.